The van der Waals surface area contributed by atoms with E-state index in [0.29, 0.717) is 0 Å². The Kier molecular flexibility index (Phi) is 2.78. The predicted octanol–water partition coefficient (Wildman–Crippen LogP) is 2.21. The van der Waals surface area contributed by atoms with Gasteiger partial charge in [0.2, 0.25) is 0 Å². The Bertz CT molecular complexity index is 485. The summed E-state index contributed by atoms with van der Waals surface area (Å²) >= 11 is 0. The Morgan fingerprint density at radius 3 is 2.74 bits per heavy atom. The molecule has 0 aliphatic carbocycles. The van der Waals surface area contributed by atoms with E-state index in [-0.39, 0.29) is 0 Å². The van der Waals surface area contributed by atoms with E-state index in [2.05, 4.69) is 21.9 Å². The van der Waals surface area contributed by atoms with Crippen molar-refractivity contribution < 1.29 is 0 Å². The minimum Gasteiger partial charge on any atom is -0.399 e. The zero-order valence-electron chi connectivity index (χ0n) is 11.5. The zero-order chi connectivity index (χ0) is 12.8. The molecule has 0 aromatic heterocycles. The molecule has 0 spiro atoms. The van der Waals surface area contributed by atoms with E-state index in [1.54, 1.807) is 0 Å². The molecule has 2 saturated heterocycles. The standard InChI is InChI=1S/C16H23N3/c17-14-4-3-12-10-19(11-13(12)8-14)16-5-7-18-6-1-2-15(18)9-16/h3-4,8,15-16H,1-2,5-7,9-11,17H2. The van der Waals surface area contributed by atoms with Crippen LogP contribution in [0.3, 0.4) is 0 Å². The number of rotatable bonds is 1. The van der Waals surface area contributed by atoms with Gasteiger partial charge < -0.3 is 10.6 Å². The lowest BCUT2D eigenvalue weighted by Gasteiger charge is -2.39. The normalized spacial score (nSPS) is 31.4. The number of fused-ring (bicyclic) bond motifs is 2. The monoisotopic (exact) mass is 257 g/mol. The molecule has 1 aromatic carbocycles. The molecule has 4 rings (SSSR count). The summed E-state index contributed by atoms with van der Waals surface area (Å²) in [7, 11) is 0. The van der Waals surface area contributed by atoms with E-state index in [1.165, 1.54) is 49.9 Å². The van der Waals surface area contributed by atoms with Crippen molar-refractivity contribution in [1.82, 2.24) is 9.80 Å². The number of anilines is 1. The summed E-state index contributed by atoms with van der Waals surface area (Å²) in [5.74, 6) is 0. The third-order valence-electron chi connectivity index (χ3n) is 5.29. The molecule has 3 heterocycles. The van der Waals surface area contributed by atoms with Gasteiger partial charge in [0.25, 0.3) is 0 Å². The third kappa shape index (κ3) is 2.05. The van der Waals surface area contributed by atoms with Crippen LogP contribution in [0.5, 0.6) is 0 Å². The Morgan fingerprint density at radius 1 is 0.947 bits per heavy atom. The van der Waals surface area contributed by atoms with Crippen LogP contribution < -0.4 is 5.73 Å². The van der Waals surface area contributed by atoms with Gasteiger partial charge in [-0.2, -0.15) is 0 Å². The van der Waals surface area contributed by atoms with E-state index in [4.69, 9.17) is 5.73 Å². The summed E-state index contributed by atoms with van der Waals surface area (Å²) in [6.07, 6.45) is 5.56. The van der Waals surface area contributed by atoms with Crippen molar-refractivity contribution >= 4 is 5.69 Å². The fourth-order valence-electron chi connectivity index (χ4n) is 4.23. The summed E-state index contributed by atoms with van der Waals surface area (Å²) in [5.41, 5.74) is 9.75. The Hall–Kier alpha value is -1.06. The van der Waals surface area contributed by atoms with E-state index in [0.717, 1.165) is 30.9 Å². The van der Waals surface area contributed by atoms with Crippen LogP contribution >= 0.6 is 0 Å². The van der Waals surface area contributed by atoms with Crippen LogP contribution in [0.15, 0.2) is 18.2 Å². The second-order valence-corrected chi connectivity index (χ2v) is 6.44. The SMILES string of the molecule is Nc1ccc2c(c1)CN(C1CCN3CCCC3C1)C2. The first-order valence-corrected chi connectivity index (χ1v) is 7.65. The van der Waals surface area contributed by atoms with Gasteiger partial charge in [-0.05, 0) is 62.0 Å². The quantitative estimate of drug-likeness (QED) is 0.783. The van der Waals surface area contributed by atoms with Crippen molar-refractivity contribution in [2.75, 3.05) is 18.8 Å². The fraction of sp³-hybridized carbons (Fsp3) is 0.625. The minimum absolute atomic E-state index is 0.785. The zero-order valence-corrected chi connectivity index (χ0v) is 11.5. The Labute approximate surface area is 115 Å². The summed E-state index contributed by atoms with van der Waals surface area (Å²) in [4.78, 5) is 5.39. The second kappa shape index (κ2) is 4.50. The maximum Gasteiger partial charge on any atom is 0.0317 e. The molecular weight excluding hydrogens is 234 g/mol. The van der Waals surface area contributed by atoms with Crippen molar-refractivity contribution in [3.63, 3.8) is 0 Å². The number of piperidine rings is 1. The highest BCUT2D eigenvalue weighted by molar-refractivity contribution is 5.46. The van der Waals surface area contributed by atoms with Gasteiger partial charge in [0.1, 0.15) is 0 Å². The van der Waals surface area contributed by atoms with Crippen LogP contribution in [0.2, 0.25) is 0 Å². The molecule has 1 aromatic rings. The highest BCUT2D eigenvalue weighted by atomic mass is 15.2. The van der Waals surface area contributed by atoms with E-state index in [1.807, 2.05) is 6.07 Å². The van der Waals surface area contributed by atoms with Crippen LogP contribution in [-0.2, 0) is 13.1 Å². The fourth-order valence-corrected chi connectivity index (χ4v) is 4.23. The average Bonchev–Trinajstić information content (AvgIpc) is 3.02. The lowest BCUT2D eigenvalue weighted by Crippen LogP contribution is -2.45. The van der Waals surface area contributed by atoms with Gasteiger partial charge in [0.05, 0.1) is 0 Å². The molecule has 3 aliphatic heterocycles. The van der Waals surface area contributed by atoms with Crippen molar-refractivity contribution in [3.8, 4) is 0 Å². The van der Waals surface area contributed by atoms with Crippen LogP contribution in [0.1, 0.15) is 36.8 Å². The molecule has 2 fully saturated rings. The number of nitrogen functional groups attached to an aromatic ring is 1. The van der Waals surface area contributed by atoms with Crippen molar-refractivity contribution in [1.29, 1.82) is 0 Å². The molecule has 0 amide bonds. The molecular formula is C16H23N3. The highest BCUT2D eigenvalue weighted by Gasteiger charge is 2.35. The minimum atomic E-state index is 0.785. The molecule has 3 heteroatoms. The van der Waals surface area contributed by atoms with E-state index in [9.17, 15) is 0 Å². The smallest absolute Gasteiger partial charge is 0.0317 e. The first-order valence-electron chi connectivity index (χ1n) is 7.65. The summed E-state index contributed by atoms with van der Waals surface area (Å²) < 4.78 is 0. The van der Waals surface area contributed by atoms with Gasteiger partial charge >= 0.3 is 0 Å². The number of nitrogens with two attached hydrogens (primary N) is 1. The summed E-state index contributed by atoms with van der Waals surface area (Å²) in [6, 6.07) is 8.08. The van der Waals surface area contributed by atoms with E-state index >= 15 is 0 Å². The molecule has 3 nitrogen and oxygen atoms in total. The van der Waals surface area contributed by atoms with Crippen LogP contribution in [0.25, 0.3) is 0 Å². The predicted molar refractivity (Wildman–Crippen MR) is 77.7 cm³/mol. The van der Waals surface area contributed by atoms with Crippen molar-refractivity contribution in [2.45, 2.75) is 50.9 Å². The number of hydrogen-bond donors (Lipinski definition) is 1. The number of benzene rings is 1. The van der Waals surface area contributed by atoms with Gasteiger partial charge in [-0.3, -0.25) is 4.90 Å². The number of nitrogens with zero attached hydrogens (tertiary/aromatic N) is 2. The van der Waals surface area contributed by atoms with Crippen LogP contribution in [-0.4, -0.2) is 35.0 Å². The van der Waals surface area contributed by atoms with Gasteiger partial charge in [-0.1, -0.05) is 6.07 Å². The van der Waals surface area contributed by atoms with Crippen molar-refractivity contribution in [3.05, 3.63) is 29.3 Å². The van der Waals surface area contributed by atoms with Gasteiger partial charge in [0, 0.05) is 30.9 Å². The van der Waals surface area contributed by atoms with Gasteiger partial charge in [0.15, 0.2) is 0 Å². The largest absolute Gasteiger partial charge is 0.399 e. The average molecular weight is 257 g/mol. The highest BCUT2D eigenvalue weighted by Crippen LogP contribution is 2.34. The Morgan fingerprint density at radius 2 is 1.79 bits per heavy atom. The molecule has 0 radical (unpaired) electrons. The molecule has 19 heavy (non-hydrogen) atoms. The Balaban J connectivity index is 1.47. The van der Waals surface area contributed by atoms with E-state index < -0.39 is 0 Å². The van der Waals surface area contributed by atoms with Crippen LogP contribution in [0.4, 0.5) is 5.69 Å². The third-order valence-corrected chi connectivity index (χ3v) is 5.29. The molecule has 102 valence electrons. The molecule has 2 N–H and O–H groups in total. The summed E-state index contributed by atoms with van der Waals surface area (Å²) in [5, 5.41) is 0. The molecule has 0 bridgehead atoms. The molecule has 3 aliphatic rings. The van der Waals surface area contributed by atoms with Gasteiger partial charge in [-0.25, -0.2) is 0 Å². The first kappa shape index (κ1) is 11.7. The maximum atomic E-state index is 5.90. The van der Waals surface area contributed by atoms with Crippen LogP contribution in [0, 0.1) is 0 Å². The molecule has 2 unspecified atom stereocenters. The van der Waals surface area contributed by atoms with Gasteiger partial charge in [-0.15, -0.1) is 0 Å². The summed E-state index contributed by atoms with van der Waals surface area (Å²) in [6.45, 7) is 4.89. The topological polar surface area (TPSA) is 32.5 Å². The first-order chi connectivity index (χ1) is 9.29. The second-order valence-electron chi connectivity index (χ2n) is 6.44. The molecule has 0 saturated carbocycles. The van der Waals surface area contributed by atoms with Crippen molar-refractivity contribution in [2.24, 2.45) is 0 Å². The maximum absolute atomic E-state index is 5.90. The number of hydrogen-bond acceptors (Lipinski definition) is 3. The lowest BCUT2D eigenvalue weighted by molar-refractivity contribution is 0.0859. The lowest BCUT2D eigenvalue weighted by atomic mass is 9.96. The molecule has 2 atom stereocenters.